The molecule has 7 nitrogen and oxygen atoms in total. The van der Waals surface area contributed by atoms with Crippen LogP contribution in [-0.4, -0.2) is 23.9 Å². The van der Waals surface area contributed by atoms with E-state index in [-0.39, 0.29) is 17.8 Å². The molecule has 0 bridgehead atoms. The molecule has 0 aliphatic heterocycles. The molecule has 0 radical (unpaired) electrons. The second-order valence-electron chi connectivity index (χ2n) is 4.31. The molecule has 0 aromatic heterocycles. The van der Waals surface area contributed by atoms with Crippen molar-refractivity contribution in [3.8, 4) is 6.07 Å². The zero-order valence-electron chi connectivity index (χ0n) is 11.2. The van der Waals surface area contributed by atoms with Crippen LogP contribution in [0.1, 0.15) is 25.3 Å². The lowest BCUT2D eigenvalue weighted by Gasteiger charge is -2.23. The van der Waals surface area contributed by atoms with E-state index < -0.39 is 10.8 Å². The smallest absolute Gasteiger partial charge is 0.287 e. The zero-order chi connectivity index (χ0) is 15.1. The molecule has 7 heteroatoms. The third-order valence-corrected chi connectivity index (χ3v) is 2.79. The molecule has 0 saturated heterocycles. The van der Waals surface area contributed by atoms with Crippen molar-refractivity contribution in [2.75, 3.05) is 18.0 Å². The molecule has 0 spiro atoms. The first kappa shape index (κ1) is 15.4. The van der Waals surface area contributed by atoms with Gasteiger partial charge in [0.15, 0.2) is 0 Å². The molecule has 0 aliphatic rings. The maximum atomic E-state index is 11.1. The zero-order valence-corrected chi connectivity index (χ0v) is 11.2. The Labute approximate surface area is 116 Å². The highest BCUT2D eigenvalue weighted by Crippen LogP contribution is 2.24. The van der Waals surface area contributed by atoms with Gasteiger partial charge in [0.1, 0.15) is 11.6 Å². The largest absolute Gasteiger partial charge is 0.368 e. The fourth-order valence-corrected chi connectivity index (χ4v) is 1.81. The fraction of sp³-hybridized carbons (Fsp3) is 0.385. The Balaban J connectivity index is 3.10. The lowest BCUT2D eigenvalue weighted by molar-refractivity contribution is -0.385. The van der Waals surface area contributed by atoms with Crippen LogP contribution in [0.5, 0.6) is 0 Å². The standard InChI is InChI=1S/C13H16N4O3/c1-2-3-6-16(9-13(15)18)11-4-5-12(17(19)20)10(7-11)8-14/h4-5,7H,2-3,6,9H2,1H3,(H2,15,18). The second kappa shape index (κ2) is 7.09. The number of nitrogens with zero attached hydrogens (tertiary/aromatic N) is 3. The number of nitrogens with two attached hydrogens (primary N) is 1. The van der Waals surface area contributed by atoms with Gasteiger partial charge in [-0.3, -0.25) is 14.9 Å². The number of primary amides is 1. The summed E-state index contributed by atoms with van der Waals surface area (Å²) >= 11 is 0. The number of unbranched alkanes of at least 4 members (excludes halogenated alkanes) is 1. The van der Waals surface area contributed by atoms with E-state index in [0.29, 0.717) is 12.2 Å². The van der Waals surface area contributed by atoms with Crippen LogP contribution in [0.4, 0.5) is 11.4 Å². The maximum absolute atomic E-state index is 11.1. The van der Waals surface area contributed by atoms with Gasteiger partial charge < -0.3 is 10.6 Å². The number of carbonyl (C=O) groups is 1. The van der Waals surface area contributed by atoms with Crippen molar-refractivity contribution in [3.63, 3.8) is 0 Å². The predicted molar refractivity (Wildman–Crippen MR) is 74.1 cm³/mol. The number of nitriles is 1. The Morgan fingerprint density at radius 1 is 1.55 bits per heavy atom. The Morgan fingerprint density at radius 3 is 2.75 bits per heavy atom. The number of benzene rings is 1. The normalized spacial score (nSPS) is 9.80. The Kier molecular flexibility index (Phi) is 5.47. The van der Waals surface area contributed by atoms with Gasteiger partial charge in [0, 0.05) is 18.3 Å². The highest BCUT2D eigenvalue weighted by atomic mass is 16.6. The van der Waals surface area contributed by atoms with Crippen molar-refractivity contribution in [3.05, 3.63) is 33.9 Å². The van der Waals surface area contributed by atoms with Crippen LogP contribution >= 0.6 is 0 Å². The van der Waals surface area contributed by atoms with Crippen molar-refractivity contribution >= 4 is 17.3 Å². The predicted octanol–water partition coefficient (Wildman–Crippen LogP) is 1.56. The van der Waals surface area contributed by atoms with E-state index in [4.69, 9.17) is 11.0 Å². The molecule has 0 saturated carbocycles. The van der Waals surface area contributed by atoms with Crippen molar-refractivity contribution in [1.82, 2.24) is 0 Å². The molecule has 1 amide bonds. The molecular formula is C13H16N4O3. The molecule has 1 rings (SSSR count). The Bertz CT molecular complexity index is 551. The van der Waals surface area contributed by atoms with Crippen LogP contribution < -0.4 is 10.6 Å². The number of carbonyl (C=O) groups excluding carboxylic acids is 1. The van der Waals surface area contributed by atoms with Gasteiger partial charge in [0.05, 0.1) is 11.5 Å². The van der Waals surface area contributed by atoms with Gasteiger partial charge in [-0.2, -0.15) is 5.26 Å². The third kappa shape index (κ3) is 3.95. The van der Waals surface area contributed by atoms with Gasteiger partial charge >= 0.3 is 0 Å². The van der Waals surface area contributed by atoms with Crippen LogP contribution in [-0.2, 0) is 4.79 Å². The number of anilines is 1. The third-order valence-electron chi connectivity index (χ3n) is 2.79. The summed E-state index contributed by atoms with van der Waals surface area (Å²) in [5.74, 6) is -0.488. The summed E-state index contributed by atoms with van der Waals surface area (Å²) in [4.78, 5) is 23.0. The summed E-state index contributed by atoms with van der Waals surface area (Å²) in [6.07, 6.45) is 1.79. The van der Waals surface area contributed by atoms with Gasteiger partial charge in [0.2, 0.25) is 5.91 Å². The van der Waals surface area contributed by atoms with E-state index in [2.05, 4.69) is 0 Å². The summed E-state index contributed by atoms with van der Waals surface area (Å²) in [7, 11) is 0. The first-order chi connectivity index (χ1) is 9.49. The van der Waals surface area contributed by atoms with E-state index in [0.717, 1.165) is 12.8 Å². The average molecular weight is 276 g/mol. The number of nitro groups is 1. The highest BCUT2D eigenvalue weighted by molar-refractivity contribution is 5.79. The molecular weight excluding hydrogens is 260 g/mol. The molecule has 0 aliphatic carbocycles. The van der Waals surface area contributed by atoms with Gasteiger partial charge in [0.25, 0.3) is 5.69 Å². The van der Waals surface area contributed by atoms with Crippen molar-refractivity contribution in [2.24, 2.45) is 5.73 Å². The molecule has 1 aromatic rings. The lowest BCUT2D eigenvalue weighted by Crippen LogP contribution is -2.34. The molecule has 1 aromatic carbocycles. The Hall–Kier alpha value is -2.62. The average Bonchev–Trinajstić information content (AvgIpc) is 2.42. The van der Waals surface area contributed by atoms with Crippen LogP contribution in [0.2, 0.25) is 0 Å². The van der Waals surface area contributed by atoms with E-state index in [9.17, 15) is 14.9 Å². The molecule has 0 heterocycles. The van der Waals surface area contributed by atoms with Gasteiger partial charge in [-0.05, 0) is 18.6 Å². The van der Waals surface area contributed by atoms with Crippen LogP contribution in [0.25, 0.3) is 0 Å². The number of hydrogen-bond acceptors (Lipinski definition) is 5. The second-order valence-corrected chi connectivity index (χ2v) is 4.31. The van der Waals surface area contributed by atoms with E-state index in [1.807, 2.05) is 6.92 Å². The van der Waals surface area contributed by atoms with Gasteiger partial charge in [-0.25, -0.2) is 0 Å². The Morgan fingerprint density at radius 2 is 2.25 bits per heavy atom. The number of amides is 1. The summed E-state index contributed by atoms with van der Waals surface area (Å²) in [5.41, 5.74) is 5.51. The van der Waals surface area contributed by atoms with E-state index in [1.165, 1.54) is 18.2 Å². The maximum Gasteiger partial charge on any atom is 0.287 e. The number of hydrogen-bond donors (Lipinski definition) is 1. The van der Waals surface area contributed by atoms with Crippen LogP contribution in [0.3, 0.4) is 0 Å². The highest BCUT2D eigenvalue weighted by Gasteiger charge is 2.17. The summed E-state index contributed by atoms with van der Waals surface area (Å²) in [6, 6.07) is 6.01. The monoisotopic (exact) mass is 276 g/mol. The van der Waals surface area contributed by atoms with Crippen molar-refractivity contribution < 1.29 is 9.72 Å². The summed E-state index contributed by atoms with van der Waals surface area (Å²) in [5, 5.41) is 19.7. The van der Waals surface area contributed by atoms with Crippen molar-refractivity contribution in [2.45, 2.75) is 19.8 Å². The van der Waals surface area contributed by atoms with Gasteiger partial charge in [-0.15, -0.1) is 0 Å². The summed E-state index contributed by atoms with van der Waals surface area (Å²) < 4.78 is 0. The topological polar surface area (TPSA) is 113 Å². The minimum Gasteiger partial charge on any atom is -0.368 e. The minimum absolute atomic E-state index is 0.0165. The minimum atomic E-state index is -0.604. The number of nitro benzene ring substituents is 1. The van der Waals surface area contributed by atoms with Crippen molar-refractivity contribution in [1.29, 1.82) is 5.26 Å². The SMILES string of the molecule is CCCCN(CC(N)=O)c1ccc([N+](=O)[O-])c(C#N)c1. The fourth-order valence-electron chi connectivity index (χ4n) is 1.81. The molecule has 0 atom stereocenters. The molecule has 106 valence electrons. The molecule has 20 heavy (non-hydrogen) atoms. The molecule has 0 unspecified atom stereocenters. The summed E-state index contributed by atoms with van der Waals surface area (Å²) in [6.45, 7) is 2.63. The van der Waals surface area contributed by atoms with Gasteiger partial charge in [-0.1, -0.05) is 13.3 Å². The first-order valence-electron chi connectivity index (χ1n) is 6.21. The first-order valence-corrected chi connectivity index (χ1v) is 6.21. The number of rotatable bonds is 7. The molecule has 2 N–H and O–H groups in total. The molecule has 0 fully saturated rings. The van der Waals surface area contributed by atoms with E-state index in [1.54, 1.807) is 11.0 Å². The lowest BCUT2D eigenvalue weighted by atomic mass is 10.1. The quantitative estimate of drug-likeness (QED) is 0.599. The van der Waals surface area contributed by atoms with Crippen LogP contribution in [0, 0.1) is 21.4 Å². The van der Waals surface area contributed by atoms with Crippen LogP contribution in [0.15, 0.2) is 18.2 Å². The van der Waals surface area contributed by atoms with E-state index >= 15 is 0 Å².